The van der Waals surface area contributed by atoms with Gasteiger partial charge in [-0.15, -0.1) is 0 Å². The smallest absolute Gasteiger partial charge is 0.417 e. The first kappa shape index (κ1) is 23.4. The lowest BCUT2D eigenvalue weighted by atomic mass is 9.92. The van der Waals surface area contributed by atoms with Gasteiger partial charge >= 0.3 is 6.09 Å². The maximum atomic E-state index is 12.3. The molecule has 1 aliphatic rings. The maximum Gasteiger partial charge on any atom is 0.417 e. The Bertz CT molecular complexity index is 1020. The number of likely N-dealkylation sites (N-methyl/N-ethyl adjacent to an activating group) is 1. The quantitative estimate of drug-likeness (QED) is 0.571. The molecular formula is C21H29N7O4. The van der Waals surface area contributed by atoms with E-state index >= 15 is 0 Å². The van der Waals surface area contributed by atoms with Gasteiger partial charge in [0.15, 0.2) is 5.65 Å². The van der Waals surface area contributed by atoms with E-state index < -0.39 is 6.09 Å². The molecule has 11 heteroatoms. The van der Waals surface area contributed by atoms with E-state index in [9.17, 15) is 14.7 Å². The monoisotopic (exact) mass is 443 g/mol. The molecule has 3 rings (SSSR count). The number of fused-ring (bicyclic) bond motifs is 1. The molecule has 0 aromatic carbocycles. The van der Waals surface area contributed by atoms with Crippen LogP contribution in [0.2, 0.25) is 0 Å². The zero-order valence-electron chi connectivity index (χ0n) is 18.4. The second-order valence-electron chi connectivity index (χ2n) is 7.94. The average Bonchev–Trinajstić information content (AvgIpc) is 3.20. The van der Waals surface area contributed by atoms with Crippen LogP contribution in [0, 0.1) is 17.2 Å². The van der Waals surface area contributed by atoms with Gasteiger partial charge in [-0.3, -0.25) is 4.79 Å². The number of hydrogen-bond donors (Lipinski definition) is 2. The standard InChI is InChI=1S/C21H29N7O4/c1-14-4-9-27(18(29)3-7-22)13-16(14)26(2)19-15-5-10-28(21(30)31)20(15)25-17(24-19)6-11-32-12-8-23/h5,10,14,16H,3-4,6,8-9,11-13,23H2,1-2H3,(H,30,31)/t14-,16+/m1/s1. The molecular weight excluding hydrogens is 414 g/mol. The van der Waals surface area contributed by atoms with Crippen molar-refractivity contribution >= 4 is 28.9 Å². The average molecular weight is 444 g/mol. The molecule has 2 aromatic rings. The summed E-state index contributed by atoms with van der Waals surface area (Å²) < 4.78 is 6.52. The Balaban J connectivity index is 1.95. The first-order valence-electron chi connectivity index (χ1n) is 10.6. The van der Waals surface area contributed by atoms with E-state index in [1.165, 1.54) is 6.20 Å². The number of carbonyl (C=O) groups excluding carboxylic acids is 1. The molecule has 0 saturated carbocycles. The van der Waals surface area contributed by atoms with Gasteiger partial charge in [0.2, 0.25) is 5.91 Å². The molecule has 0 aliphatic carbocycles. The van der Waals surface area contributed by atoms with Gasteiger partial charge in [-0.05, 0) is 18.4 Å². The van der Waals surface area contributed by atoms with Gasteiger partial charge < -0.3 is 25.4 Å². The third-order valence-electron chi connectivity index (χ3n) is 5.84. The number of carboxylic acid groups (broad SMARTS) is 1. The molecule has 3 N–H and O–H groups in total. The number of carbonyl (C=O) groups is 2. The lowest BCUT2D eigenvalue weighted by Crippen LogP contribution is -2.52. The minimum atomic E-state index is -1.13. The van der Waals surface area contributed by atoms with Crippen molar-refractivity contribution in [3.63, 3.8) is 0 Å². The zero-order chi connectivity index (χ0) is 23.3. The summed E-state index contributed by atoms with van der Waals surface area (Å²) >= 11 is 0. The predicted octanol–water partition coefficient (Wildman–Crippen LogP) is 1.06. The van der Waals surface area contributed by atoms with Crippen molar-refractivity contribution in [3.8, 4) is 6.07 Å². The van der Waals surface area contributed by atoms with E-state index in [1.54, 1.807) is 11.0 Å². The van der Waals surface area contributed by atoms with Crippen molar-refractivity contribution in [1.29, 1.82) is 5.26 Å². The van der Waals surface area contributed by atoms with Crippen LogP contribution in [0.3, 0.4) is 0 Å². The Morgan fingerprint density at radius 1 is 1.41 bits per heavy atom. The highest BCUT2D eigenvalue weighted by Gasteiger charge is 2.33. The summed E-state index contributed by atoms with van der Waals surface area (Å²) in [4.78, 5) is 36.9. The first-order chi connectivity index (χ1) is 15.4. The van der Waals surface area contributed by atoms with Gasteiger partial charge in [0.05, 0.1) is 30.7 Å². The zero-order valence-corrected chi connectivity index (χ0v) is 18.4. The molecule has 11 nitrogen and oxygen atoms in total. The minimum absolute atomic E-state index is 0.0426. The number of rotatable bonds is 8. The summed E-state index contributed by atoms with van der Waals surface area (Å²) in [5.41, 5.74) is 5.76. The van der Waals surface area contributed by atoms with Crippen LogP contribution in [-0.4, -0.2) is 82.5 Å². The van der Waals surface area contributed by atoms with Crippen LogP contribution >= 0.6 is 0 Å². The highest BCUT2D eigenvalue weighted by atomic mass is 16.5. The summed E-state index contributed by atoms with van der Waals surface area (Å²) in [6.07, 6.45) is 1.40. The van der Waals surface area contributed by atoms with Crippen molar-refractivity contribution in [3.05, 3.63) is 18.1 Å². The summed E-state index contributed by atoms with van der Waals surface area (Å²) in [5.74, 6) is 1.17. The van der Waals surface area contributed by atoms with Gasteiger partial charge in [-0.2, -0.15) is 5.26 Å². The largest absolute Gasteiger partial charge is 0.464 e. The van der Waals surface area contributed by atoms with Crippen LogP contribution in [0.25, 0.3) is 11.0 Å². The van der Waals surface area contributed by atoms with Gasteiger partial charge in [0.25, 0.3) is 0 Å². The number of aromatic nitrogens is 3. The van der Waals surface area contributed by atoms with Gasteiger partial charge in [-0.25, -0.2) is 19.3 Å². The maximum absolute atomic E-state index is 12.3. The van der Waals surface area contributed by atoms with E-state index in [1.807, 2.05) is 18.0 Å². The highest BCUT2D eigenvalue weighted by molar-refractivity contribution is 5.93. The number of hydrogen-bond acceptors (Lipinski definition) is 8. The van der Waals surface area contributed by atoms with Crippen LogP contribution < -0.4 is 10.6 Å². The highest BCUT2D eigenvalue weighted by Crippen LogP contribution is 2.30. The number of nitrogens with zero attached hydrogens (tertiary/aromatic N) is 6. The third kappa shape index (κ3) is 4.98. The van der Waals surface area contributed by atoms with Crippen molar-refractivity contribution in [1.82, 2.24) is 19.4 Å². The van der Waals surface area contributed by atoms with E-state index in [0.717, 1.165) is 11.0 Å². The van der Waals surface area contributed by atoms with Crippen LogP contribution in [-0.2, 0) is 16.0 Å². The van der Waals surface area contributed by atoms with E-state index in [0.29, 0.717) is 61.9 Å². The molecule has 0 bridgehead atoms. The van der Waals surface area contributed by atoms with Crippen molar-refractivity contribution in [2.24, 2.45) is 11.7 Å². The number of anilines is 1. The van der Waals surface area contributed by atoms with Crippen molar-refractivity contribution in [2.45, 2.75) is 32.2 Å². The van der Waals surface area contributed by atoms with Crippen LogP contribution in [0.1, 0.15) is 25.6 Å². The lowest BCUT2D eigenvalue weighted by Gasteiger charge is -2.42. The van der Waals surface area contributed by atoms with Gasteiger partial charge in [-0.1, -0.05) is 6.92 Å². The molecule has 1 amide bonds. The number of nitriles is 1. The van der Waals surface area contributed by atoms with Crippen LogP contribution in [0.4, 0.5) is 10.6 Å². The SMILES string of the molecule is C[C@@H]1CCN(C(=O)CC#N)C[C@@H]1N(C)c1nc(CCOCCN)nc2c1ccn2C(=O)O. The molecule has 172 valence electrons. The van der Waals surface area contributed by atoms with Crippen LogP contribution in [0.5, 0.6) is 0 Å². The number of nitrogens with two attached hydrogens (primary N) is 1. The van der Waals surface area contributed by atoms with Crippen molar-refractivity contribution in [2.75, 3.05) is 44.8 Å². The Kier molecular flexibility index (Phi) is 7.61. The summed E-state index contributed by atoms with van der Waals surface area (Å²) in [6, 6.07) is 3.57. The number of ether oxygens (including phenoxy) is 1. The molecule has 32 heavy (non-hydrogen) atoms. The third-order valence-corrected chi connectivity index (χ3v) is 5.84. The molecule has 2 aromatic heterocycles. The fraction of sp³-hybridized carbons (Fsp3) is 0.571. The summed E-state index contributed by atoms with van der Waals surface area (Å²) in [7, 11) is 1.90. The molecule has 0 radical (unpaired) electrons. The lowest BCUT2D eigenvalue weighted by molar-refractivity contribution is -0.131. The fourth-order valence-corrected chi connectivity index (χ4v) is 4.04. The minimum Gasteiger partial charge on any atom is -0.464 e. The molecule has 3 heterocycles. The van der Waals surface area contributed by atoms with E-state index in [4.69, 9.17) is 20.7 Å². The Labute approximate surface area is 186 Å². The normalized spacial score (nSPS) is 18.5. The Morgan fingerprint density at radius 2 is 2.19 bits per heavy atom. The molecule has 1 aliphatic heterocycles. The topological polar surface area (TPSA) is 151 Å². The van der Waals surface area contributed by atoms with E-state index in [-0.39, 0.29) is 24.3 Å². The van der Waals surface area contributed by atoms with Crippen LogP contribution in [0.15, 0.2) is 12.3 Å². The van der Waals surface area contributed by atoms with E-state index in [2.05, 4.69) is 11.9 Å². The summed E-state index contributed by atoms with van der Waals surface area (Å²) in [5, 5.41) is 19.1. The Morgan fingerprint density at radius 3 is 2.88 bits per heavy atom. The second-order valence-corrected chi connectivity index (χ2v) is 7.94. The number of amides is 1. The molecule has 1 saturated heterocycles. The number of piperidine rings is 1. The molecule has 2 atom stereocenters. The Hall–Kier alpha value is -3.23. The molecule has 1 fully saturated rings. The van der Waals surface area contributed by atoms with Crippen molar-refractivity contribution < 1.29 is 19.4 Å². The van der Waals surface area contributed by atoms with Gasteiger partial charge in [0, 0.05) is 39.3 Å². The van der Waals surface area contributed by atoms with Gasteiger partial charge in [0.1, 0.15) is 18.1 Å². The fourth-order valence-electron chi connectivity index (χ4n) is 4.04. The molecule has 0 spiro atoms. The number of likely N-dealkylation sites (tertiary alicyclic amines) is 1. The second kappa shape index (κ2) is 10.4. The molecule has 0 unspecified atom stereocenters. The predicted molar refractivity (Wildman–Crippen MR) is 117 cm³/mol. The summed E-state index contributed by atoms with van der Waals surface area (Å²) in [6.45, 7) is 4.41. The first-order valence-corrected chi connectivity index (χ1v) is 10.6.